The lowest BCUT2D eigenvalue weighted by molar-refractivity contribution is -0.145. The molecule has 1 N–H and O–H groups in total. The van der Waals surface area contributed by atoms with E-state index in [1.807, 2.05) is 0 Å². The normalized spacial score (nSPS) is 11.9. The summed E-state index contributed by atoms with van der Waals surface area (Å²) in [7, 11) is 0. The van der Waals surface area contributed by atoms with Crippen LogP contribution >= 0.6 is 0 Å². The zero-order valence-corrected chi connectivity index (χ0v) is 12.3. The highest BCUT2D eigenvalue weighted by Gasteiger charge is 2.26. The van der Waals surface area contributed by atoms with E-state index in [2.05, 4.69) is 5.32 Å². The zero-order chi connectivity index (χ0) is 15.9. The summed E-state index contributed by atoms with van der Waals surface area (Å²) in [6, 6.07) is 9.29. The predicted molar refractivity (Wildman–Crippen MR) is 75.1 cm³/mol. The number of esters is 1. The van der Waals surface area contributed by atoms with Gasteiger partial charge in [0.2, 0.25) is 0 Å². The quantitative estimate of drug-likeness (QED) is 0.860. The smallest absolute Gasteiger partial charge is 0.408 e. The average Bonchev–Trinajstić information content (AvgIpc) is 2.41. The van der Waals surface area contributed by atoms with Gasteiger partial charge in [-0.25, -0.2) is 9.59 Å². The van der Waals surface area contributed by atoms with Crippen LogP contribution in [0.2, 0.25) is 0 Å². The first-order valence-electron chi connectivity index (χ1n) is 6.41. The van der Waals surface area contributed by atoms with Crippen LogP contribution in [0.1, 0.15) is 32.4 Å². The molecule has 0 heterocycles. The van der Waals surface area contributed by atoms with Crippen LogP contribution in [0, 0.1) is 11.3 Å². The molecule has 21 heavy (non-hydrogen) atoms. The molecule has 0 aliphatic heterocycles. The largest absolute Gasteiger partial charge is 0.448 e. The first-order chi connectivity index (χ1) is 9.83. The van der Waals surface area contributed by atoms with Crippen molar-refractivity contribution in [1.29, 1.82) is 5.26 Å². The first kappa shape index (κ1) is 16.5. The van der Waals surface area contributed by atoms with Gasteiger partial charge in [0.15, 0.2) is 12.6 Å². The molecule has 6 nitrogen and oxygen atoms in total. The van der Waals surface area contributed by atoms with E-state index in [0.29, 0.717) is 5.56 Å². The molecule has 0 radical (unpaired) electrons. The maximum Gasteiger partial charge on any atom is 0.408 e. The standard InChI is InChI=1S/C15H18N2O4/c1-15(2,3)21-14(19)17-12(13(18)20-10-9-16)11-7-5-4-6-8-11/h4-8,12H,10H2,1-3H3,(H,17,19). The molecule has 0 aliphatic rings. The molecule has 1 rings (SSSR count). The maximum absolute atomic E-state index is 12.0. The van der Waals surface area contributed by atoms with Gasteiger partial charge in [0.1, 0.15) is 11.7 Å². The molecule has 1 aromatic rings. The Morgan fingerprint density at radius 1 is 1.29 bits per heavy atom. The number of amides is 1. The van der Waals surface area contributed by atoms with Crippen LogP contribution in [0.4, 0.5) is 4.79 Å². The van der Waals surface area contributed by atoms with Crippen molar-refractivity contribution in [2.24, 2.45) is 0 Å². The van der Waals surface area contributed by atoms with Crippen LogP contribution in [0.25, 0.3) is 0 Å². The Hall–Kier alpha value is -2.55. The lowest BCUT2D eigenvalue weighted by Crippen LogP contribution is -2.38. The minimum Gasteiger partial charge on any atom is -0.448 e. The average molecular weight is 290 g/mol. The summed E-state index contributed by atoms with van der Waals surface area (Å²) in [6.07, 6.45) is -0.731. The molecule has 0 aromatic heterocycles. The molecular formula is C15H18N2O4. The van der Waals surface area contributed by atoms with E-state index in [9.17, 15) is 9.59 Å². The Kier molecular flexibility index (Phi) is 5.73. The van der Waals surface area contributed by atoms with Gasteiger partial charge in [-0.2, -0.15) is 5.26 Å². The Morgan fingerprint density at radius 2 is 1.90 bits per heavy atom. The van der Waals surface area contributed by atoms with Crippen LogP contribution in [0.3, 0.4) is 0 Å². The summed E-state index contributed by atoms with van der Waals surface area (Å²) >= 11 is 0. The number of ether oxygens (including phenoxy) is 2. The fourth-order valence-electron chi connectivity index (χ4n) is 1.54. The Bertz CT molecular complexity index is 529. The third-order valence-corrected chi connectivity index (χ3v) is 2.31. The van der Waals surface area contributed by atoms with Crippen LogP contribution in [-0.2, 0) is 14.3 Å². The van der Waals surface area contributed by atoms with Gasteiger partial charge in [0, 0.05) is 0 Å². The summed E-state index contributed by atoms with van der Waals surface area (Å²) in [5.74, 6) is -0.714. The van der Waals surface area contributed by atoms with Gasteiger partial charge >= 0.3 is 12.1 Å². The fraction of sp³-hybridized carbons (Fsp3) is 0.400. The summed E-state index contributed by atoms with van der Waals surface area (Å²) in [5, 5.41) is 10.9. The number of carbonyl (C=O) groups excluding carboxylic acids is 2. The van der Waals surface area contributed by atoms with Crippen molar-refractivity contribution in [3.63, 3.8) is 0 Å². The second-order valence-electron chi connectivity index (χ2n) is 5.26. The minimum atomic E-state index is -1.02. The van der Waals surface area contributed by atoms with Gasteiger partial charge in [0.25, 0.3) is 0 Å². The topological polar surface area (TPSA) is 88.4 Å². The summed E-state index contributed by atoms with van der Waals surface area (Å²) in [5.41, 5.74) is -0.131. The second kappa shape index (κ2) is 7.29. The molecule has 0 saturated heterocycles. The molecule has 1 amide bonds. The third kappa shape index (κ3) is 5.95. The highest BCUT2D eigenvalue weighted by Crippen LogP contribution is 2.16. The number of hydrogen-bond donors (Lipinski definition) is 1. The summed E-state index contributed by atoms with van der Waals surface area (Å²) < 4.78 is 9.89. The van der Waals surface area contributed by atoms with Crippen molar-refractivity contribution in [2.75, 3.05) is 6.61 Å². The Balaban J connectivity index is 2.85. The number of hydrogen-bond acceptors (Lipinski definition) is 5. The third-order valence-electron chi connectivity index (χ3n) is 2.31. The monoisotopic (exact) mass is 290 g/mol. The van der Waals surface area contributed by atoms with Gasteiger partial charge in [-0.15, -0.1) is 0 Å². The van der Waals surface area contributed by atoms with E-state index in [-0.39, 0.29) is 6.61 Å². The number of carbonyl (C=O) groups is 2. The number of benzene rings is 1. The highest BCUT2D eigenvalue weighted by molar-refractivity contribution is 5.82. The van der Waals surface area contributed by atoms with E-state index >= 15 is 0 Å². The number of nitriles is 1. The highest BCUT2D eigenvalue weighted by atomic mass is 16.6. The molecule has 0 fully saturated rings. The molecular weight excluding hydrogens is 272 g/mol. The molecule has 6 heteroatoms. The van der Waals surface area contributed by atoms with Gasteiger partial charge in [-0.05, 0) is 26.3 Å². The Morgan fingerprint density at radius 3 is 2.43 bits per heavy atom. The summed E-state index contributed by atoms with van der Waals surface area (Å²) in [6.45, 7) is 4.78. The van der Waals surface area contributed by atoms with Gasteiger partial charge in [0.05, 0.1) is 0 Å². The van der Waals surface area contributed by atoms with Crippen LogP contribution in [0.5, 0.6) is 0 Å². The lowest BCUT2D eigenvalue weighted by Gasteiger charge is -2.22. The van der Waals surface area contributed by atoms with Crippen molar-refractivity contribution in [1.82, 2.24) is 5.32 Å². The Labute approximate surface area is 123 Å². The second-order valence-corrected chi connectivity index (χ2v) is 5.26. The van der Waals surface area contributed by atoms with E-state index < -0.39 is 23.7 Å². The molecule has 0 aliphatic carbocycles. The number of rotatable bonds is 4. The first-order valence-corrected chi connectivity index (χ1v) is 6.41. The predicted octanol–water partition coefficient (Wildman–Crippen LogP) is 2.32. The van der Waals surface area contributed by atoms with Gasteiger partial charge < -0.3 is 14.8 Å². The molecule has 0 saturated carbocycles. The number of alkyl carbamates (subject to hydrolysis) is 1. The van der Waals surface area contributed by atoms with Crippen molar-refractivity contribution >= 4 is 12.1 Å². The van der Waals surface area contributed by atoms with E-state index in [4.69, 9.17) is 14.7 Å². The fourth-order valence-corrected chi connectivity index (χ4v) is 1.54. The minimum absolute atomic E-state index is 0.377. The summed E-state index contributed by atoms with van der Waals surface area (Å²) in [4.78, 5) is 23.8. The van der Waals surface area contributed by atoms with E-state index in [0.717, 1.165) is 0 Å². The van der Waals surface area contributed by atoms with Crippen LogP contribution in [-0.4, -0.2) is 24.3 Å². The maximum atomic E-state index is 12.0. The lowest BCUT2D eigenvalue weighted by atomic mass is 10.1. The molecule has 0 spiro atoms. The molecule has 1 atom stereocenters. The van der Waals surface area contributed by atoms with Crippen LogP contribution in [0.15, 0.2) is 30.3 Å². The molecule has 0 bridgehead atoms. The number of nitrogens with zero attached hydrogens (tertiary/aromatic N) is 1. The van der Waals surface area contributed by atoms with Crippen molar-refractivity contribution in [3.05, 3.63) is 35.9 Å². The van der Waals surface area contributed by atoms with Crippen LogP contribution < -0.4 is 5.32 Å². The SMILES string of the molecule is CC(C)(C)OC(=O)NC(C(=O)OCC#N)c1ccccc1. The van der Waals surface area contributed by atoms with Gasteiger partial charge in [-0.1, -0.05) is 30.3 Å². The van der Waals surface area contributed by atoms with Crippen molar-refractivity contribution in [3.8, 4) is 6.07 Å². The van der Waals surface area contributed by atoms with Crippen molar-refractivity contribution < 1.29 is 19.1 Å². The van der Waals surface area contributed by atoms with E-state index in [1.54, 1.807) is 57.2 Å². The molecule has 1 unspecified atom stereocenters. The van der Waals surface area contributed by atoms with E-state index in [1.165, 1.54) is 0 Å². The van der Waals surface area contributed by atoms with Gasteiger partial charge in [-0.3, -0.25) is 0 Å². The number of nitrogens with one attached hydrogen (secondary N) is 1. The molecule has 112 valence electrons. The zero-order valence-electron chi connectivity index (χ0n) is 12.3. The van der Waals surface area contributed by atoms with Crippen molar-refractivity contribution in [2.45, 2.75) is 32.4 Å². The molecule has 1 aromatic carbocycles.